The summed E-state index contributed by atoms with van der Waals surface area (Å²) in [7, 11) is 0. The van der Waals surface area contributed by atoms with Crippen LogP contribution < -0.4 is 41.8 Å². The molecular weight excluding hydrogens is 1070 g/mol. The molecule has 2 aliphatic rings. The van der Waals surface area contributed by atoms with Crippen molar-refractivity contribution in [1.82, 2.24) is 39.6 Å². The van der Waals surface area contributed by atoms with Crippen LogP contribution in [-0.2, 0) is 19.6 Å². The minimum Gasteiger partial charge on any atom is -0.494 e. The number of hydrogen-bond donors (Lipinski definition) is 5. The summed E-state index contributed by atoms with van der Waals surface area (Å²) in [6.45, 7) is 18.8. The van der Waals surface area contributed by atoms with Gasteiger partial charge in [-0.05, 0) is 67.8 Å². The molecule has 66 heavy (non-hydrogen) atoms. The van der Waals surface area contributed by atoms with Crippen molar-refractivity contribution in [3.05, 3.63) is 83.8 Å². The lowest BCUT2D eigenvalue weighted by molar-refractivity contribution is 0.245. The number of piperazine rings is 2. The average Bonchev–Trinajstić information content (AvgIpc) is 4.05. The van der Waals surface area contributed by atoms with Gasteiger partial charge in [0.2, 0.25) is 0 Å². The number of aromatic nitrogens is 6. The van der Waals surface area contributed by atoms with Gasteiger partial charge in [0.25, 0.3) is 0 Å². The summed E-state index contributed by atoms with van der Waals surface area (Å²) >= 11 is 4.24. The van der Waals surface area contributed by atoms with Gasteiger partial charge in [-0.15, -0.1) is 0 Å². The van der Waals surface area contributed by atoms with E-state index in [2.05, 4.69) is 129 Å². The van der Waals surface area contributed by atoms with E-state index in [1.807, 2.05) is 31.2 Å². The van der Waals surface area contributed by atoms with Crippen LogP contribution >= 0.6 is 37.2 Å². The number of nitrogens with two attached hydrogens (primary N) is 3. The summed E-state index contributed by atoms with van der Waals surface area (Å²) in [6.07, 6.45) is 7.44. The number of nitrogens with one attached hydrogen (secondary N) is 1. The summed E-state index contributed by atoms with van der Waals surface area (Å²) in [5.41, 5.74) is 20.7. The van der Waals surface area contributed by atoms with Gasteiger partial charge in [-0.25, -0.2) is 14.0 Å². The van der Waals surface area contributed by atoms with Gasteiger partial charge in [0, 0.05) is 114 Å². The van der Waals surface area contributed by atoms with E-state index in [-0.39, 0.29) is 6.61 Å². The Morgan fingerprint density at radius 1 is 0.576 bits per heavy atom. The van der Waals surface area contributed by atoms with Crippen LogP contribution in [0.1, 0.15) is 56.7 Å². The Bertz CT molecular complexity index is 2170. The summed E-state index contributed by atoms with van der Waals surface area (Å²) in [5, 5.41) is 49.7. The molecule has 0 atom stereocenters. The van der Waals surface area contributed by atoms with Crippen molar-refractivity contribution in [3.63, 3.8) is 0 Å². The number of aliphatic hydroxyl groups excluding tert-OH is 1. The molecule has 7 rings (SSSR count). The van der Waals surface area contributed by atoms with Crippen LogP contribution in [0.15, 0.2) is 67.1 Å². The Balaban J connectivity index is 0.000000247. The van der Waals surface area contributed by atoms with Gasteiger partial charge in [0.1, 0.15) is 63.9 Å². The molecule has 5 aromatic rings. The van der Waals surface area contributed by atoms with Crippen LogP contribution in [0.25, 0.3) is 0 Å². The lowest BCUT2D eigenvalue weighted by Crippen LogP contribution is -2.47. The highest BCUT2D eigenvalue weighted by molar-refractivity contribution is 15.0. The fourth-order valence-corrected chi connectivity index (χ4v) is 6.62. The second-order valence-electron chi connectivity index (χ2n) is 14.8. The minimum absolute atomic E-state index is 0.0310. The third-order valence-corrected chi connectivity index (χ3v) is 10.2. The topological polar surface area (TPSA) is 263 Å². The number of ether oxygens (including phenoxy) is 2. The quantitative estimate of drug-likeness (QED) is 0.0790. The summed E-state index contributed by atoms with van der Waals surface area (Å²) in [4.78, 5) is 7.21. The van der Waals surface area contributed by atoms with Gasteiger partial charge in [-0.1, -0.05) is 20.8 Å². The van der Waals surface area contributed by atoms with E-state index in [4.69, 9.17) is 47.6 Å². The van der Waals surface area contributed by atoms with Gasteiger partial charge in [-0.2, -0.15) is 31.1 Å². The van der Waals surface area contributed by atoms with Gasteiger partial charge in [-0.3, -0.25) is 4.90 Å². The zero-order valence-electron chi connectivity index (χ0n) is 38.2. The zero-order chi connectivity index (χ0) is 48.1. The van der Waals surface area contributed by atoms with E-state index in [1.165, 1.54) is 34.6 Å². The van der Waals surface area contributed by atoms with Gasteiger partial charge >= 0.3 is 0 Å². The molecule has 3 aromatic heterocycles. The van der Waals surface area contributed by atoms with Crippen molar-refractivity contribution in [3.8, 4) is 29.7 Å². The lowest BCUT2D eigenvalue weighted by Gasteiger charge is -2.36. The molecule has 356 valence electrons. The number of benzene rings is 2. The highest BCUT2D eigenvalue weighted by Crippen LogP contribution is 2.22. The molecule has 0 aliphatic carbocycles. The molecule has 8 N–H and O–H groups in total. The Labute approximate surface area is 412 Å². The number of nitrogen functional groups attached to an aromatic ring is 3. The fraction of sp³-hybridized carbons (Fsp3) is 0.467. The van der Waals surface area contributed by atoms with Crippen molar-refractivity contribution in [2.75, 3.05) is 106 Å². The van der Waals surface area contributed by atoms with Crippen molar-refractivity contribution in [2.45, 2.75) is 59.7 Å². The van der Waals surface area contributed by atoms with Crippen LogP contribution in [0.2, 0.25) is 0 Å². The third-order valence-electron chi connectivity index (χ3n) is 10.2. The van der Waals surface area contributed by atoms with E-state index in [9.17, 15) is 0 Å². The van der Waals surface area contributed by atoms with Crippen molar-refractivity contribution in [2.24, 2.45) is 0 Å². The number of anilines is 5. The molecule has 19 nitrogen and oxygen atoms in total. The number of hydrogen-bond acceptors (Lipinski definition) is 16. The second-order valence-corrected chi connectivity index (χ2v) is 14.8. The second kappa shape index (κ2) is 31.4. The molecule has 0 amide bonds. The van der Waals surface area contributed by atoms with Crippen LogP contribution in [0.5, 0.6) is 11.5 Å². The summed E-state index contributed by atoms with van der Waals surface area (Å²) < 4.78 is 15.9. The summed E-state index contributed by atoms with van der Waals surface area (Å²) in [6, 6.07) is 22.7. The van der Waals surface area contributed by atoms with Crippen LogP contribution in [-0.4, -0.2) is 118 Å². The fourth-order valence-electron chi connectivity index (χ4n) is 6.62. The van der Waals surface area contributed by atoms with Crippen molar-refractivity contribution in [1.29, 1.82) is 15.8 Å². The highest BCUT2D eigenvalue weighted by atomic mass is 128. The van der Waals surface area contributed by atoms with E-state index in [0.717, 1.165) is 109 Å². The SMILES string of the molecule is CCCOc1ccc(N2CCN(CCn3ncc(C#N)c3N)CC2)cc1.CCCOc1ccc(N2CCNCC2)cc1.CCCn1ncc(C#N)c1N.II.N#Cc1cnn(CCO)c1N. The molecule has 2 fully saturated rings. The summed E-state index contributed by atoms with van der Waals surface area (Å²) in [5.74, 6) is 3.14. The number of aliphatic hydroxyl groups is 1. The van der Waals surface area contributed by atoms with Crippen LogP contribution in [0.3, 0.4) is 0 Å². The maximum Gasteiger partial charge on any atom is 0.139 e. The van der Waals surface area contributed by atoms with Gasteiger partial charge in [0.15, 0.2) is 0 Å². The predicted molar refractivity (Wildman–Crippen MR) is 278 cm³/mol. The first-order valence-electron chi connectivity index (χ1n) is 22.0. The van der Waals surface area contributed by atoms with Crippen LogP contribution in [0, 0.1) is 34.0 Å². The third kappa shape index (κ3) is 17.7. The molecule has 0 radical (unpaired) electrons. The molecule has 0 spiro atoms. The van der Waals surface area contributed by atoms with Crippen LogP contribution in [0.4, 0.5) is 28.8 Å². The smallest absolute Gasteiger partial charge is 0.139 e. The molecule has 5 heterocycles. The number of halogens is 2. The minimum atomic E-state index is -0.0310. The zero-order valence-corrected chi connectivity index (χ0v) is 42.5. The molecule has 2 saturated heterocycles. The van der Waals surface area contributed by atoms with Crippen molar-refractivity contribution < 1.29 is 14.6 Å². The van der Waals surface area contributed by atoms with Crippen molar-refractivity contribution >= 4 is 66.1 Å². The molecule has 2 aliphatic heterocycles. The maximum absolute atomic E-state index is 8.94. The Kier molecular flexibility index (Phi) is 26.1. The predicted octanol–water partition coefficient (Wildman–Crippen LogP) is 5.68. The molecule has 21 heteroatoms. The van der Waals surface area contributed by atoms with E-state index in [0.29, 0.717) is 47.2 Å². The average molecular weight is 1130 g/mol. The van der Waals surface area contributed by atoms with Gasteiger partial charge in [0.05, 0.1) is 51.5 Å². The van der Waals surface area contributed by atoms with E-state index in [1.54, 1.807) is 9.36 Å². The van der Waals surface area contributed by atoms with E-state index >= 15 is 0 Å². The number of nitriles is 3. The standard InChI is InChI=1S/C19H26N6O.C13H20N2O.C7H10N4.C6H8N4O.I2/c1-2-13-26-18-5-3-17(4-6-18)24-10-7-23(8-11-24)9-12-25-19(21)16(14-20)15-22-25;1-2-11-16-13-5-3-12(4-6-13)15-9-7-14-8-10-15;1-2-3-11-7(9)6(4-8)5-10-11;7-3-5-4-9-10(1-2-11)6(5)8;1-2/h3-6,15H,2,7-13,21H2,1H3;3-6,14H,2,7-11H2,1H3;5H,2-3,9H2,1H3;4,11H,1-2,8H2;. The molecule has 2 aromatic carbocycles. The Hall–Kier alpha value is -5.52. The Morgan fingerprint density at radius 2 is 0.970 bits per heavy atom. The molecule has 0 bridgehead atoms. The largest absolute Gasteiger partial charge is 0.494 e. The molecule has 0 unspecified atom stereocenters. The molecular formula is C45H64I2N16O3. The van der Waals surface area contributed by atoms with Gasteiger partial charge < -0.3 is 46.9 Å². The number of rotatable bonds is 15. The lowest BCUT2D eigenvalue weighted by atomic mass is 10.2. The maximum atomic E-state index is 8.94. The first-order chi connectivity index (χ1) is 32.2. The first kappa shape index (κ1) is 54.8. The number of nitrogens with zero attached hydrogens (tertiary/aromatic N) is 12. The number of aryl methyl sites for hydroxylation is 1. The monoisotopic (exact) mass is 1130 g/mol. The van der Waals surface area contributed by atoms with E-state index < -0.39 is 0 Å². The highest BCUT2D eigenvalue weighted by Gasteiger charge is 2.18. The Morgan fingerprint density at radius 3 is 1.33 bits per heavy atom. The normalized spacial score (nSPS) is 13.1. The molecule has 0 saturated carbocycles. The first-order valence-corrected chi connectivity index (χ1v) is 28.3.